The molecule has 1 amide bonds. The summed E-state index contributed by atoms with van der Waals surface area (Å²) in [5, 5.41) is 0. The number of likely N-dealkylation sites (tertiary alicyclic amines) is 1. The second-order valence-electron chi connectivity index (χ2n) is 4.47. The molecule has 1 saturated heterocycles. The fraction of sp³-hybridized carbons (Fsp3) is 0.583. The molecule has 0 spiro atoms. The van der Waals surface area contributed by atoms with E-state index in [2.05, 4.69) is 9.97 Å². The fourth-order valence-corrected chi connectivity index (χ4v) is 2.14. The number of piperidine rings is 1. The van der Waals surface area contributed by atoms with Crippen LogP contribution >= 0.6 is 0 Å². The van der Waals surface area contributed by atoms with E-state index in [4.69, 9.17) is 10.5 Å². The highest BCUT2D eigenvalue weighted by Gasteiger charge is 2.25. The van der Waals surface area contributed by atoms with Gasteiger partial charge in [0.05, 0.1) is 6.10 Å². The highest BCUT2D eigenvalue weighted by atomic mass is 16.5. The lowest BCUT2D eigenvalue weighted by atomic mass is 10.1. The first-order valence-corrected chi connectivity index (χ1v) is 6.03. The van der Waals surface area contributed by atoms with Crippen molar-refractivity contribution in [1.82, 2.24) is 14.9 Å². The van der Waals surface area contributed by atoms with Crippen LogP contribution in [-0.2, 0) is 4.74 Å². The summed E-state index contributed by atoms with van der Waals surface area (Å²) in [7, 11) is 1.67. The molecule has 6 nitrogen and oxygen atoms in total. The third-order valence-electron chi connectivity index (χ3n) is 3.17. The molecule has 1 aromatic heterocycles. The number of anilines is 1. The van der Waals surface area contributed by atoms with Crippen LogP contribution in [0.3, 0.4) is 0 Å². The summed E-state index contributed by atoms with van der Waals surface area (Å²) < 4.78 is 5.30. The van der Waals surface area contributed by atoms with Crippen LogP contribution in [0.4, 0.5) is 5.82 Å². The van der Waals surface area contributed by atoms with E-state index in [0.717, 1.165) is 19.4 Å². The number of rotatable bonds is 2. The number of amides is 1. The zero-order valence-electron chi connectivity index (χ0n) is 10.7. The smallest absolute Gasteiger partial charge is 0.259 e. The predicted octanol–water partition coefficient (Wildman–Crippen LogP) is 0.618. The van der Waals surface area contributed by atoms with Crippen LogP contribution in [0.25, 0.3) is 0 Å². The van der Waals surface area contributed by atoms with Gasteiger partial charge in [-0.3, -0.25) is 4.79 Å². The van der Waals surface area contributed by atoms with Gasteiger partial charge < -0.3 is 15.4 Å². The van der Waals surface area contributed by atoms with Crippen LogP contribution in [0, 0.1) is 6.92 Å². The topological polar surface area (TPSA) is 81.3 Å². The van der Waals surface area contributed by atoms with Crippen molar-refractivity contribution in [3.8, 4) is 0 Å². The molecule has 1 atom stereocenters. The number of aromatic nitrogens is 2. The van der Waals surface area contributed by atoms with E-state index in [9.17, 15) is 4.79 Å². The third-order valence-corrected chi connectivity index (χ3v) is 3.17. The molecule has 2 N–H and O–H groups in total. The molecule has 0 aromatic carbocycles. The first-order chi connectivity index (χ1) is 8.61. The van der Waals surface area contributed by atoms with Crippen LogP contribution in [0.5, 0.6) is 0 Å². The van der Waals surface area contributed by atoms with Crippen molar-refractivity contribution in [1.29, 1.82) is 0 Å². The second kappa shape index (κ2) is 5.30. The Morgan fingerprint density at radius 2 is 2.39 bits per heavy atom. The van der Waals surface area contributed by atoms with Crippen LogP contribution in [0.15, 0.2) is 6.20 Å². The van der Waals surface area contributed by atoms with Gasteiger partial charge in [0.2, 0.25) is 0 Å². The molecule has 0 radical (unpaired) electrons. The normalized spacial score (nSPS) is 19.9. The highest BCUT2D eigenvalue weighted by molar-refractivity contribution is 5.98. The lowest BCUT2D eigenvalue weighted by Crippen LogP contribution is -2.43. The number of hydrogen-bond donors (Lipinski definition) is 1. The number of nitrogen functional groups attached to an aromatic ring is 1. The van der Waals surface area contributed by atoms with Crippen molar-refractivity contribution in [2.45, 2.75) is 25.9 Å². The maximum atomic E-state index is 12.3. The van der Waals surface area contributed by atoms with Gasteiger partial charge in [-0.05, 0) is 19.8 Å². The largest absolute Gasteiger partial charge is 0.383 e. The first-order valence-electron chi connectivity index (χ1n) is 6.03. The van der Waals surface area contributed by atoms with E-state index in [1.807, 2.05) is 0 Å². The second-order valence-corrected chi connectivity index (χ2v) is 4.47. The number of nitrogens with two attached hydrogens (primary N) is 1. The molecule has 1 aliphatic heterocycles. The van der Waals surface area contributed by atoms with E-state index in [0.29, 0.717) is 17.9 Å². The van der Waals surface area contributed by atoms with Crippen molar-refractivity contribution in [3.63, 3.8) is 0 Å². The molecule has 1 unspecified atom stereocenters. The number of hydrogen-bond acceptors (Lipinski definition) is 5. The Hall–Kier alpha value is -1.69. The monoisotopic (exact) mass is 250 g/mol. The molecule has 0 saturated carbocycles. The van der Waals surface area contributed by atoms with E-state index in [1.54, 1.807) is 18.9 Å². The SMILES string of the molecule is COC1CCCN(C(=O)c2cnc(C)nc2N)C1. The minimum atomic E-state index is -0.116. The van der Waals surface area contributed by atoms with Crippen LogP contribution in [0.1, 0.15) is 29.0 Å². The maximum absolute atomic E-state index is 12.3. The van der Waals surface area contributed by atoms with Gasteiger partial charge in [-0.25, -0.2) is 9.97 Å². The summed E-state index contributed by atoms with van der Waals surface area (Å²) in [4.78, 5) is 22.1. The predicted molar refractivity (Wildman–Crippen MR) is 67.1 cm³/mol. The number of carbonyl (C=O) groups is 1. The van der Waals surface area contributed by atoms with E-state index >= 15 is 0 Å². The average Bonchev–Trinajstić information content (AvgIpc) is 2.38. The maximum Gasteiger partial charge on any atom is 0.259 e. The fourth-order valence-electron chi connectivity index (χ4n) is 2.14. The van der Waals surface area contributed by atoms with E-state index in [-0.39, 0.29) is 17.8 Å². The van der Waals surface area contributed by atoms with Gasteiger partial charge in [0.25, 0.3) is 5.91 Å². The molecule has 6 heteroatoms. The first kappa shape index (κ1) is 12.8. The summed E-state index contributed by atoms with van der Waals surface area (Å²) in [6.07, 6.45) is 3.53. The van der Waals surface area contributed by atoms with Gasteiger partial charge in [0.15, 0.2) is 0 Å². The van der Waals surface area contributed by atoms with Gasteiger partial charge >= 0.3 is 0 Å². The molecule has 1 aliphatic rings. The van der Waals surface area contributed by atoms with Crippen molar-refractivity contribution >= 4 is 11.7 Å². The number of ether oxygens (including phenoxy) is 1. The Bertz CT molecular complexity index is 450. The molecule has 2 heterocycles. The van der Waals surface area contributed by atoms with Crippen molar-refractivity contribution < 1.29 is 9.53 Å². The Morgan fingerprint density at radius 1 is 1.61 bits per heavy atom. The molecule has 98 valence electrons. The lowest BCUT2D eigenvalue weighted by Gasteiger charge is -2.32. The zero-order chi connectivity index (χ0) is 13.1. The van der Waals surface area contributed by atoms with Gasteiger partial charge in [0, 0.05) is 26.4 Å². The molecule has 0 bridgehead atoms. The van der Waals surface area contributed by atoms with Crippen molar-refractivity contribution in [2.75, 3.05) is 25.9 Å². The van der Waals surface area contributed by atoms with Gasteiger partial charge in [-0.2, -0.15) is 0 Å². The Labute approximate surface area is 106 Å². The third kappa shape index (κ3) is 2.59. The highest BCUT2D eigenvalue weighted by Crippen LogP contribution is 2.17. The number of methoxy groups -OCH3 is 1. The van der Waals surface area contributed by atoms with Gasteiger partial charge in [0.1, 0.15) is 17.2 Å². The Kier molecular flexibility index (Phi) is 3.76. The molecule has 1 fully saturated rings. The van der Waals surface area contributed by atoms with E-state index in [1.165, 1.54) is 6.20 Å². The van der Waals surface area contributed by atoms with Crippen molar-refractivity contribution in [2.24, 2.45) is 0 Å². The quantitative estimate of drug-likeness (QED) is 0.832. The lowest BCUT2D eigenvalue weighted by molar-refractivity contribution is 0.0269. The van der Waals surface area contributed by atoms with Gasteiger partial charge in [-0.15, -0.1) is 0 Å². The van der Waals surface area contributed by atoms with Crippen LogP contribution in [0.2, 0.25) is 0 Å². The molecular formula is C12H18N4O2. The molecule has 0 aliphatic carbocycles. The average molecular weight is 250 g/mol. The summed E-state index contributed by atoms with van der Waals surface area (Å²) in [6.45, 7) is 3.07. The Morgan fingerprint density at radius 3 is 3.06 bits per heavy atom. The molecule has 18 heavy (non-hydrogen) atoms. The van der Waals surface area contributed by atoms with Crippen LogP contribution < -0.4 is 5.73 Å². The minimum Gasteiger partial charge on any atom is -0.383 e. The number of aryl methyl sites for hydroxylation is 1. The summed E-state index contributed by atoms with van der Waals surface area (Å²) >= 11 is 0. The zero-order valence-corrected chi connectivity index (χ0v) is 10.7. The standard InChI is InChI=1S/C12H18N4O2/c1-8-14-6-10(11(13)15-8)12(17)16-5-3-4-9(7-16)18-2/h6,9H,3-5,7H2,1-2H3,(H2,13,14,15). The number of carbonyl (C=O) groups excluding carboxylic acids is 1. The molecule has 2 rings (SSSR count). The number of nitrogens with zero attached hydrogens (tertiary/aromatic N) is 3. The van der Waals surface area contributed by atoms with Crippen LogP contribution in [-0.4, -0.2) is 47.1 Å². The van der Waals surface area contributed by atoms with Gasteiger partial charge in [-0.1, -0.05) is 0 Å². The minimum absolute atomic E-state index is 0.107. The summed E-state index contributed by atoms with van der Waals surface area (Å²) in [6, 6.07) is 0. The Balaban J connectivity index is 2.15. The summed E-state index contributed by atoms with van der Waals surface area (Å²) in [5.41, 5.74) is 6.14. The molecular weight excluding hydrogens is 232 g/mol. The summed E-state index contributed by atoms with van der Waals surface area (Å²) in [5.74, 6) is 0.693. The van der Waals surface area contributed by atoms with E-state index < -0.39 is 0 Å². The molecule has 1 aromatic rings. The van der Waals surface area contributed by atoms with Crippen molar-refractivity contribution in [3.05, 3.63) is 17.6 Å².